The standard InChI is InChI=1S/C17H34N2O2/c1-6-13(2)12-18-14-10-8-7-9-11-15(14)19-16(20)21-17(3,4)5/h13-15,18H,6-12H2,1-5H3,(H,19,20). The molecule has 0 aromatic carbocycles. The van der Waals surface area contributed by atoms with Crippen molar-refractivity contribution in [3.8, 4) is 0 Å². The topological polar surface area (TPSA) is 50.4 Å². The summed E-state index contributed by atoms with van der Waals surface area (Å²) in [5, 5.41) is 6.74. The van der Waals surface area contributed by atoms with Gasteiger partial charge < -0.3 is 15.4 Å². The molecule has 1 fully saturated rings. The van der Waals surface area contributed by atoms with Gasteiger partial charge in [-0.2, -0.15) is 0 Å². The highest BCUT2D eigenvalue weighted by Crippen LogP contribution is 2.19. The second-order valence-corrected chi connectivity index (χ2v) is 7.42. The van der Waals surface area contributed by atoms with E-state index in [0.717, 1.165) is 19.4 Å². The van der Waals surface area contributed by atoms with Crippen molar-refractivity contribution < 1.29 is 9.53 Å². The van der Waals surface area contributed by atoms with E-state index in [1.165, 1.54) is 25.7 Å². The molecule has 0 spiro atoms. The van der Waals surface area contributed by atoms with Gasteiger partial charge in [-0.25, -0.2) is 4.79 Å². The highest BCUT2D eigenvalue weighted by Gasteiger charge is 2.27. The van der Waals surface area contributed by atoms with Crippen molar-refractivity contribution in [2.24, 2.45) is 5.92 Å². The fourth-order valence-electron chi connectivity index (χ4n) is 2.68. The number of alkyl carbamates (subject to hydrolysis) is 1. The second-order valence-electron chi connectivity index (χ2n) is 7.42. The minimum atomic E-state index is -0.436. The van der Waals surface area contributed by atoms with Gasteiger partial charge in [-0.15, -0.1) is 0 Å². The van der Waals surface area contributed by atoms with Crippen LogP contribution in [0.5, 0.6) is 0 Å². The van der Waals surface area contributed by atoms with Crippen molar-refractivity contribution in [1.82, 2.24) is 10.6 Å². The first kappa shape index (κ1) is 18.3. The van der Waals surface area contributed by atoms with Gasteiger partial charge >= 0.3 is 6.09 Å². The summed E-state index contributed by atoms with van der Waals surface area (Å²) in [4.78, 5) is 12.0. The Morgan fingerprint density at radius 1 is 1.19 bits per heavy atom. The Labute approximate surface area is 130 Å². The third-order valence-electron chi connectivity index (χ3n) is 4.14. The van der Waals surface area contributed by atoms with Crippen molar-refractivity contribution in [2.75, 3.05) is 6.54 Å². The van der Waals surface area contributed by atoms with Gasteiger partial charge in [0.1, 0.15) is 5.60 Å². The Balaban J connectivity index is 2.54. The Hall–Kier alpha value is -0.770. The zero-order chi connectivity index (χ0) is 15.9. The average molecular weight is 298 g/mol. The number of carbonyl (C=O) groups excluding carboxylic acids is 1. The van der Waals surface area contributed by atoms with Crippen LogP contribution < -0.4 is 10.6 Å². The summed E-state index contributed by atoms with van der Waals surface area (Å²) in [6.45, 7) is 11.2. The molecule has 4 nitrogen and oxygen atoms in total. The molecule has 2 N–H and O–H groups in total. The number of rotatable bonds is 5. The SMILES string of the molecule is CCC(C)CNC1CCCCCC1NC(=O)OC(C)(C)C. The van der Waals surface area contributed by atoms with Crippen LogP contribution in [0.1, 0.15) is 73.1 Å². The third-order valence-corrected chi connectivity index (χ3v) is 4.14. The van der Waals surface area contributed by atoms with Crippen molar-refractivity contribution >= 4 is 6.09 Å². The van der Waals surface area contributed by atoms with E-state index in [0.29, 0.717) is 12.0 Å². The molecular weight excluding hydrogens is 264 g/mol. The van der Waals surface area contributed by atoms with Crippen LogP contribution >= 0.6 is 0 Å². The van der Waals surface area contributed by atoms with Crippen LogP contribution in [-0.2, 0) is 4.74 Å². The third kappa shape index (κ3) is 7.70. The zero-order valence-electron chi connectivity index (χ0n) is 14.5. The first-order chi connectivity index (χ1) is 9.81. The van der Waals surface area contributed by atoms with Gasteiger partial charge in [-0.05, 0) is 46.1 Å². The quantitative estimate of drug-likeness (QED) is 0.758. The van der Waals surface area contributed by atoms with Crippen molar-refractivity contribution in [3.05, 3.63) is 0 Å². The fourth-order valence-corrected chi connectivity index (χ4v) is 2.68. The lowest BCUT2D eigenvalue weighted by Gasteiger charge is -2.29. The number of hydrogen-bond acceptors (Lipinski definition) is 3. The Kier molecular flexibility index (Phi) is 7.50. The van der Waals surface area contributed by atoms with Gasteiger partial charge in [0.05, 0.1) is 0 Å². The van der Waals surface area contributed by atoms with Crippen molar-refractivity contribution in [3.63, 3.8) is 0 Å². The first-order valence-electron chi connectivity index (χ1n) is 8.54. The van der Waals surface area contributed by atoms with Gasteiger partial charge in [0.2, 0.25) is 0 Å². The molecule has 0 aromatic heterocycles. The van der Waals surface area contributed by atoms with E-state index in [2.05, 4.69) is 24.5 Å². The Morgan fingerprint density at radius 3 is 2.38 bits per heavy atom. The smallest absolute Gasteiger partial charge is 0.407 e. The molecule has 0 saturated heterocycles. The molecule has 0 aliphatic heterocycles. The predicted molar refractivity (Wildman–Crippen MR) is 87.5 cm³/mol. The van der Waals surface area contributed by atoms with Crippen molar-refractivity contribution in [1.29, 1.82) is 0 Å². The molecule has 1 amide bonds. The first-order valence-corrected chi connectivity index (χ1v) is 8.54. The van der Waals surface area contributed by atoms with E-state index >= 15 is 0 Å². The summed E-state index contributed by atoms with van der Waals surface area (Å²) in [7, 11) is 0. The molecule has 3 unspecified atom stereocenters. The lowest BCUT2D eigenvalue weighted by molar-refractivity contribution is 0.0489. The molecule has 1 rings (SSSR count). The molecule has 1 aliphatic rings. The minimum absolute atomic E-state index is 0.186. The maximum Gasteiger partial charge on any atom is 0.407 e. The molecule has 3 atom stereocenters. The average Bonchev–Trinajstić information content (AvgIpc) is 2.59. The molecule has 0 bridgehead atoms. The van der Waals surface area contributed by atoms with E-state index in [4.69, 9.17) is 4.74 Å². The number of nitrogens with one attached hydrogen (secondary N) is 2. The summed E-state index contributed by atoms with van der Waals surface area (Å²) in [5.41, 5.74) is -0.436. The van der Waals surface area contributed by atoms with E-state index in [1.807, 2.05) is 20.8 Å². The maximum atomic E-state index is 12.0. The van der Waals surface area contributed by atoms with Crippen LogP contribution in [0.4, 0.5) is 4.79 Å². The van der Waals surface area contributed by atoms with Crippen LogP contribution in [0.15, 0.2) is 0 Å². The summed E-state index contributed by atoms with van der Waals surface area (Å²) < 4.78 is 5.40. The van der Waals surface area contributed by atoms with E-state index in [9.17, 15) is 4.79 Å². The summed E-state index contributed by atoms with van der Waals surface area (Å²) in [6, 6.07) is 0.556. The van der Waals surface area contributed by atoms with Gasteiger partial charge in [-0.1, -0.05) is 39.5 Å². The molecule has 0 radical (unpaired) electrons. The normalized spacial score (nSPS) is 25.0. The summed E-state index contributed by atoms with van der Waals surface area (Å²) >= 11 is 0. The van der Waals surface area contributed by atoms with Gasteiger partial charge in [0, 0.05) is 12.1 Å². The Morgan fingerprint density at radius 2 is 1.81 bits per heavy atom. The van der Waals surface area contributed by atoms with Gasteiger partial charge in [0.15, 0.2) is 0 Å². The predicted octanol–water partition coefficient (Wildman–Crippen LogP) is 3.85. The highest BCUT2D eigenvalue weighted by molar-refractivity contribution is 5.68. The number of amides is 1. The van der Waals surface area contributed by atoms with Gasteiger partial charge in [-0.3, -0.25) is 0 Å². The molecular formula is C17H34N2O2. The number of ether oxygens (including phenoxy) is 1. The molecule has 0 aromatic rings. The van der Waals surface area contributed by atoms with Crippen LogP contribution in [-0.4, -0.2) is 30.3 Å². The van der Waals surface area contributed by atoms with Crippen LogP contribution in [0.25, 0.3) is 0 Å². The second kappa shape index (κ2) is 8.62. The maximum absolute atomic E-state index is 12.0. The molecule has 21 heavy (non-hydrogen) atoms. The fraction of sp³-hybridized carbons (Fsp3) is 0.941. The number of carbonyl (C=O) groups is 1. The summed E-state index contributed by atoms with van der Waals surface area (Å²) in [6.07, 6.45) is 6.75. The lowest BCUT2D eigenvalue weighted by Crippen LogP contribution is -2.51. The van der Waals surface area contributed by atoms with E-state index < -0.39 is 5.60 Å². The molecule has 0 heterocycles. The zero-order valence-corrected chi connectivity index (χ0v) is 14.5. The highest BCUT2D eigenvalue weighted by atomic mass is 16.6. The largest absolute Gasteiger partial charge is 0.444 e. The lowest BCUT2D eigenvalue weighted by atomic mass is 10.0. The summed E-state index contributed by atoms with van der Waals surface area (Å²) in [5.74, 6) is 0.676. The van der Waals surface area contributed by atoms with E-state index in [-0.39, 0.29) is 12.1 Å². The monoisotopic (exact) mass is 298 g/mol. The molecule has 1 aliphatic carbocycles. The van der Waals surface area contributed by atoms with E-state index in [1.54, 1.807) is 0 Å². The van der Waals surface area contributed by atoms with Gasteiger partial charge in [0.25, 0.3) is 0 Å². The molecule has 4 heteroatoms. The number of hydrogen-bond donors (Lipinski definition) is 2. The molecule has 124 valence electrons. The van der Waals surface area contributed by atoms with Crippen LogP contribution in [0, 0.1) is 5.92 Å². The molecule has 1 saturated carbocycles. The van der Waals surface area contributed by atoms with Crippen LogP contribution in [0.3, 0.4) is 0 Å². The minimum Gasteiger partial charge on any atom is -0.444 e. The Bertz CT molecular complexity index is 312. The van der Waals surface area contributed by atoms with Crippen molar-refractivity contribution in [2.45, 2.75) is 90.8 Å². The van der Waals surface area contributed by atoms with Crippen LogP contribution in [0.2, 0.25) is 0 Å².